The van der Waals surface area contributed by atoms with Crippen LogP contribution in [0.3, 0.4) is 0 Å². The van der Waals surface area contributed by atoms with Gasteiger partial charge in [-0.3, -0.25) is 9.59 Å². The van der Waals surface area contributed by atoms with E-state index in [0.29, 0.717) is 13.0 Å². The zero-order valence-electron chi connectivity index (χ0n) is 13.4. The Morgan fingerprint density at radius 1 is 1.24 bits per heavy atom. The van der Waals surface area contributed by atoms with E-state index in [9.17, 15) is 9.59 Å². The van der Waals surface area contributed by atoms with Crippen LogP contribution < -0.4 is 0 Å². The van der Waals surface area contributed by atoms with Crippen LogP contribution in [0.4, 0.5) is 0 Å². The number of methoxy groups -OCH3 is 1. The standard InChI is InChI=1S/C17H25NO3/c1-13-8-10-15(11-9-13)6-5-7-16(19)18(3)12-14(2)17(20)21-4/h8-11,14H,5-7,12H2,1-4H3. The Labute approximate surface area is 127 Å². The summed E-state index contributed by atoms with van der Waals surface area (Å²) in [5.41, 5.74) is 2.49. The number of carbonyl (C=O) groups excluding carboxylic acids is 2. The molecule has 1 aromatic rings. The number of ether oxygens (including phenoxy) is 1. The summed E-state index contributed by atoms with van der Waals surface area (Å²) in [7, 11) is 3.09. The molecule has 1 rings (SSSR count). The lowest BCUT2D eigenvalue weighted by Crippen LogP contribution is -2.34. The minimum absolute atomic E-state index is 0.0675. The second kappa shape index (κ2) is 8.45. The highest BCUT2D eigenvalue weighted by Crippen LogP contribution is 2.09. The number of amides is 1. The predicted octanol–water partition coefficient (Wildman–Crippen LogP) is 2.59. The van der Waals surface area contributed by atoms with Gasteiger partial charge in [0.2, 0.25) is 5.91 Å². The molecule has 0 aromatic heterocycles. The fourth-order valence-corrected chi connectivity index (χ4v) is 2.18. The lowest BCUT2D eigenvalue weighted by molar-refractivity contribution is -0.146. The van der Waals surface area contributed by atoms with Crippen molar-refractivity contribution in [1.29, 1.82) is 0 Å². The van der Waals surface area contributed by atoms with Crippen molar-refractivity contribution in [3.63, 3.8) is 0 Å². The number of carbonyl (C=O) groups is 2. The zero-order valence-corrected chi connectivity index (χ0v) is 13.4. The molecule has 116 valence electrons. The van der Waals surface area contributed by atoms with Crippen LogP contribution in [0.15, 0.2) is 24.3 Å². The van der Waals surface area contributed by atoms with Gasteiger partial charge in [-0.2, -0.15) is 0 Å². The van der Waals surface area contributed by atoms with Crippen LogP contribution in [0.25, 0.3) is 0 Å². The molecule has 0 aliphatic rings. The van der Waals surface area contributed by atoms with Gasteiger partial charge in [-0.05, 0) is 25.3 Å². The van der Waals surface area contributed by atoms with Crippen LogP contribution in [-0.2, 0) is 20.7 Å². The van der Waals surface area contributed by atoms with Crippen LogP contribution >= 0.6 is 0 Å². The minimum atomic E-state index is -0.291. The van der Waals surface area contributed by atoms with Gasteiger partial charge in [0.05, 0.1) is 13.0 Å². The molecule has 0 saturated heterocycles. The highest BCUT2D eigenvalue weighted by molar-refractivity contribution is 5.77. The number of hydrogen-bond acceptors (Lipinski definition) is 3. The highest BCUT2D eigenvalue weighted by atomic mass is 16.5. The van der Waals surface area contributed by atoms with Gasteiger partial charge >= 0.3 is 5.97 Å². The highest BCUT2D eigenvalue weighted by Gasteiger charge is 2.18. The largest absolute Gasteiger partial charge is 0.469 e. The molecule has 1 aromatic carbocycles. The van der Waals surface area contributed by atoms with Gasteiger partial charge in [-0.1, -0.05) is 36.8 Å². The fraction of sp³-hybridized carbons (Fsp3) is 0.529. The number of benzene rings is 1. The summed E-state index contributed by atoms with van der Waals surface area (Å²) >= 11 is 0. The van der Waals surface area contributed by atoms with Crippen molar-refractivity contribution in [2.45, 2.75) is 33.1 Å². The summed E-state index contributed by atoms with van der Waals surface area (Å²) in [6.07, 6.45) is 2.21. The van der Waals surface area contributed by atoms with E-state index in [2.05, 4.69) is 35.9 Å². The minimum Gasteiger partial charge on any atom is -0.469 e. The van der Waals surface area contributed by atoms with Crippen molar-refractivity contribution in [3.05, 3.63) is 35.4 Å². The first-order chi connectivity index (χ1) is 9.93. The smallest absolute Gasteiger partial charge is 0.310 e. The summed E-state index contributed by atoms with van der Waals surface area (Å²) < 4.78 is 4.66. The molecule has 0 bridgehead atoms. The maximum atomic E-state index is 12.0. The number of nitrogens with zero attached hydrogens (tertiary/aromatic N) is 1. The first kappa shape index (κ1) is 17.2. The summed E-state index contributed by atoms with van der Waals surface area (Å²) in [5, 5.41) is 0. The van der Waals surface area contributed by atoms with Crippen LogP contribution in [0.5, 0.6) is 0 Å². The van der Waals surface area contributed by atoms with E-state index < -0.39 is 0 Å². The van der Waals surface area contributed by atoms with Gasteiger partial charge < -0.3 is 9.64 Å². The topological polar surface area (TPSA) is 46.6 Å². The Bertz CT molecular complexity index is 467. The zero-order chi connectivity index (χ0) is 15.8. The van der Waals surface area contributed by atoms with Crippen LogP contribution in [0.1, 0.15) is 30.9 Å². The van der Waals surface area contributed by atoms with Crippen molar-refractivity contribution < 1.29 is 14.3 Å². The van der Waals surface area contributed by atoms with Crippen LogP contribution in [-0.4, -0.2) is 37.5 Å². The molecule has 0 N–H and O–H groups in total. The Kier molecular flexibility index (Phi) is 6.92. The Morgan fingerprint density at radius 3 is 2.43 bits per heavy atom. The maximum absolute atomic E-state index is 12.0. The summed E-state index contributed by atoms with van der Waals surface area (Å²) in [4.78, 5) is 25.0. The number of rotatable bonds is 7. The van der Waals surface area contributed by atoms with E-state index in [-0.39, 0.29) is 17.8 Å². The predicted molar refractivity (Wildman–Crippen MR) is 82.9 cm³/mol. The third-order valence-electron chi connectivity index (χ3n) is 3.55. The van der Waals surface area contributed by atoms with E-state index in [1.807, 2.05) is 0 Å². The van der Waals surface area contributed by atoms with Crippen LogP contribution in [0.2, 0.25) is 0 Å². The van der Waals surface area contributed by atoms with E-state index in [1.54, 1.807) is 18.9 Å². The van der Waals surface area contributed by atoms with Crippen molar-refractivity contribution >= 4 is 11.9 Å². The summed E-state index contributed by atoms with van der Waals surface area (Å²) in [6, 6.07) is 8.37. The maximum Gasteiger partial charge on any atom is 0.310 e. The second-order valence-electron chi connectivity index (χ2n) is 5.54. The first-order valence-electron chi connectivity index (χ1n) is 7.31. The fourth-order valence-electron chi connectivity index (χ4n) is 2.18. The monoisotopic (exact) mass is 291 g/mol. The SMILES string of the molecule is COC(=O)C(C)CN(C)C(=O)CCCc1ccc(C)cc1. The molecule has 4 heteroatoms. The third-order valence-corrected chi connectivity index (χ3v) is 3.55. The molecule has 1 amide bonds. The van der Waals surface area contributed by atoms with Gasteiger partial charge in [0.1, 0.15) is 0 Å². The molecule has 0 aliphatic heterocycles. The van der Waals surface area contributed by atoms with Crippen molar-refractivity contribution in [3.8, 4) is 0 Å². The molecule has 1 atom stereocenters. The second-order valence-corrected chi connectivity index (χ2v) is 5.54. The number of aryl methyl sites for hydroxylation is 2. The summed E-state index contributed by atoms with van der Waals surface area (Å²) in [6.45, 7) is 4.22. The average molecular weight is 291 g/mol. The molecule has 0 fully saturated rings. The molecule has 21 heavy (non-hydrogen) atoms. The van der Waals surface area contributed by atoms with Crippen molar-refractivity contribution in [2.75, 3.05) is 20.7 Å². The molecule has 0 heterocycles. The van der Waals surface area contributed by atoms with E-state index in [0.717, 1.165) is 12.8 Å². The third kappa shape index (κ3) is 5.98. The van der Waals surface area contributed by atoms with Gasteiger partial charge in [0, 0.05) is 20.0 Å². The van der Waals surface area contributed by atoms with Crippen molar-refractivity contribution in [1.82, 2.24) is 4.90 Å². The molecule has 1 unspecified atom stereocenters. The number of esters is 1. The molecule has 0 radical (unpaired) electrons. The Balaban J connectivity index is 2.32. The van der Waals surface area contributed by atoms with Gasteiger partial charge in [0.25, 0.3) is 0 Å². The van der Waals surface area contributed by atoms with Crippen molar-refractivity contribution in [2.24, 2.45) is 5.92 Å². The molecule has 0 aliphatic carbocycles. The lowest BCUT2D eigenvalue weighted by atomic mass is 10.1. The lowest BCUT2D eigenvalue weighted by Gasteiger charge is -2.20. The molecular formula is C17H25NO3. The van der Waals surface area contributed by atoms with E-state index in [4.69, 9.17) is 0 Å². The van der Waals surface area contributed by atoms with E-state index >= 15 is 0 Å². The molecule has 0 spiro atoms. The molecule has 0 saturated carbocycles. The normalized spacial score (nSPS) is 11.8. The molecular weight excluding hydrogens is 266 g/mol. The van der Waals surface area contributed by atoms with Crippen LogP contribution in [0, 0.1) is 12.8 Å². The quantitative estimate of drug-likeness (QED) is 0.725. The van der Waals surface area contributed by atoms with Gasteiger partial charge in [-0.15, -0.1) is 0 Å². The Hall–Kier alpha value is -1.84. The first-order valence-corrected chi connectivity index (χ1v) is 7.31. The average Bonchev–Trinajstić information content (AvgIpc) is 2.48. The molecule has 4 nitrogen and oxygen atoms in total. The number of hydrogen-bond donors (Lipinski definition) is 0. The van der Waals surface area contributed by atoms with E-state index in [1.165, 1.54) is 18.2 Å². The summed E-state index contributed by atoms with van der Waals surface area (Å²) in [5.74, 6) is -0.506. The Morgan fingerprint density at radius 2 is 1.86 bits per heavy atom. The van der Waals surface area contributed by atoms with Gasteiger partial charge in [-0.25, -0.2) is 0 Å². The van der Waals surface area contributed by atoms with Gasteiger partial charge in [0.15, 0.2) is 0 Å².